The Kier molecular flexibility index (Phi) is 5.99. The average Bonchev–Trinajstić information content (AvgIpc) is 3.27. The van der Waals surface area contributed by atoms with Crippen LogP contribution in [0.3, 0.4) is 0 Å². The van der Waals surface area contributed by atoms with Crippen LogP contribution in [-0.4, -0.2) is 51.3 Å². The molecule has 1 aliphatic heterocycles. The van der Waals surface area contributed by atoms with Gasteiger partial charge in [-0.3, -0.25) is 0 Å². The maximum absolute atomic E-state index is 14.4. The van der Waals surface area contributed by atoms with E-state index in [4.69, 9.17) is 25.0 Å². The first kappa shape index (κ1) is 22.1. The highest BCUT2D eigenvalue weighted by atomic mass is 19.1. The molecular weight excluding hydrogens is 441 g/mol. The van der Waals surface area contributed by atoms with Crippen LogP contribution in [0.25, 0.3) is 22.3 Å². The number of hydrogen-bond acceptors (Lipinski definition) is 8. The Bertz CT molecular complexity index is 1300. The van der Waals surface area contributed by atoms with Crippen molar-refractivity contribution >= 4 is 16.9 Å². The second kappa shape index (κ2) is 9.24. The molecule has 1 saturated heterocycles. The van der Waals surface area contributed by atoms with Gasteiger partial charge in [0.1, 0.15) is 23.6 Å². The van der Waals surface area contributed by atoms with Crippen molar-refractivity contribution in [3.05, 3.63) is 54.6 Å². The van der Waals surface area contributed by atoms with Crippen LogP contribution in [-0.2, 0) is 4.74 Å². The molecule has 0 saturated carbocycles. The second-order valence-corrected chi connectivity index (χ2v) is 8.02. The molecule has 1 aliphatic rings. The molecule has 0 radical (unpaired) electrons. The number of benzene rings is 2. The van der Waals surface area contributed by atoms with E-state index in [1.807, 2.05) is 16.8 Å². The Labute approximate surface area is 194 Å². The van der Waals surface area contributed by atoms with Crippen LogP contribution in [0.4, 0.5) is 10.2 Å². The standard InChI is InChI=1S/C24H24FN5O4/c1-32-18-3-2-4-19(21(18)25)34-16-8-5-14(6-9-16)22-20-23(26)27-13-28-24(20)30(29-22)15-7-10-17(11-31)33-12-15/h2-6,8-9,13,15,17,31H,7,10-12H2,1H3,(H2,26,27,28)/t15-,17-/m0/s1. The summed E-state index contributed by atoms with van der Waals surface area (Å²) >= 11 is 0. The lowest BCUT2D eigenvalue weighted by atomic mass is 10.1. The number of aliphatic hydroxyl groups excluding tert-OH is 1. The van der Waals surface area contributed by atoms with Crippen molar-refractivity contribution in [3.63, 3.8) is 0 Å². The van der Waals surface area contributed by atoms with Gasteiger partial charge in [0, 0.05) is 5.56 Å². The first-order chi connectivity index (χ1) is 16.6. The van der Waals surface area contributed by atoms with Gasteiger partial charge in [-0.1, -0.05) is 6.07 Å². The highest BCUT2D eigenvalue weighted by Gasteiger charge is 2.27. The van der Waals surface area contributed by atoms with E-state index >= 15 is 0 Å². The van der Waals surface area contributed by atoms with Gasteiger partial charge in [0.15, 0.2) is 17.1 Å². The normalized spacial score (nSPS) is 18.2. The SMILES string of the molecule is COc1cccc(Oc2ccc(-c3nn([C@H]4CC[C@@H](CO)OC4)c4ncnc(N)c34)cc2)c1F. The number of ether oxygens (including phenoxy) is 3. The summed E-state index contributed by atoms with van der Waals surface area (Å²) in [6.07, 6.45) is 2.79. The summed E-state index contributed by atoms with van der Waals surface area (Å²) in [6.45, 7) is 0.422. The Morgan fingerprint density at radius 3 is 2.65 bits per heavy atom. The van der Waals surface area contributed by atoms with E-state index in [2.05, 4.69) is 9.97 Å². The van der Waals surface area contributed by atoms with Gasteiger partial charge in [0.2, 0.25) is 5.82 Å². The number of hydrogen-bond donors (Lipinski definition) is 2. The van der Waals surface area contributed by atoms with Crippen LogP contribution in [0.1, 0.15) is 18.9 Å². The first-order valence-electron chi connectivity index (χ1n) is 10.9. The number of aliphatic hydroxyl groups is 1. The molecule has 34 heavy (non-hydrogen) atoms. The third-order valence-electron chi connectivity index (χ3n) is 5.92. The molecule has 0 amide bonds. The minimum absolute atomic E-state index is 0.00102. The zero-order valence-corrected chi connectivity index (χ0v) is 18.5. The topological polar surface area (TPSA) is 118 Å². The van der Waals surface area contributed by atoms with Gasteiger partial charge in [-0.05, 0) is 49.2 Å². The number of nitrogens with two attached hydrogens (primary N) is 1. The fourth-order valence-electron chi connectivity index (χ4n) is 4.12. The minimum atomic E-state index is -0.568. The van der Waals surface area contributed by atoms with Gasteiger partial charge in [-0.25, -0.2) is 14.6 Å². The Balaban J connectivity index is 1.46. The second-order valence-electron chi connectivity index (χ2n) is 8.02. The molecule has 0 spiro atoms. The fourth-order valence-corrected chi connectivity index (χ4v) is 4.12. The predicted octanol–water partition coefficient (Wildman–Crippen LogP) is 3.73. The first-order valence-corrected chi connectivity index (χ1v) is 10.9. The molecule has 0 unspecified atom stereocenters. The number of anilines is 1. The van der Waals surface area contributed by atoms with E-state index in [1.165, 1.54) is 25.6 Å². The number of methoxy groups -OCH3 is 1. The van der Waals surface area contributed by atoms with Gasteiger partial charge in [-0.2, -0.15) is 9.49 Å². The molecule has 9 nitrogen and oxygen atoms in total. The van der Waals surface area contributed by atoms with Crippen molar-refractivity contribution in [2.24, 2.45) is 0 Å². The number of aromatic nitrogens is 4. The molecule has 2 aromatic heterocycles. The van der Waals surface area contributed by atoms with Gasteiger partial charge in [0.25, 0.3) is 0 Å². The number of fused-ring (bicyclic) bond motifs is 1. The molecule has 10 heteroatoms. The van der Waals surface area contributed by atoms with E-state index in [0.29, 0.717) is 34.9 Å². The molecular formula is C24H24FN5O4. The molecule has 3 heterocycles. The van der Waals surface area contributed by atoms with Crippen LogP contribution in [0.5, 0.6) is 17.2 Å². The third-order valence-corrected chi connectivity index (χ3v) is 5.92. The summed E-state index contributed by atoms with van der Waals surface area (Å²) < 4.78 is 32.7. The van der Waals surface area contributed by atoms with Crippen molar-refractivity contribution in [1.29, 1.82) is 0 Å². The summed E-state index contributed by atoms with van der Waals surface area (Å²) in [5.74, 6) is 0.396. The minimum Gasteiger partial charge on any atom is -0.494 e. The largest absolute Gasteiger partial charge is 0.494 e. The van der Waals surface area contributed by atoms with Gasteiger partial charge >= 0.3 is 0 Å². The van der Waals surface area contributed by atoms with Crippen molar-refractivity contribution in [2.75, 3.05) is 26.1 Å². The van der Waals surface area contributed by atoms with E-state index in [-0.39, 0.29) is 30.3 Å². The average molecular weight is 465 g/mol. The van der Waals surface area contributed by atoms with E-state index in [0.717, 1.165) is 18.4 Å². The summed E-state index contributed by atoms with van der Waals surface area (Å²) in [5, 5.41) is 14.8. The van der Waals surface area contributed by atoms with Gasteiger partial charge in [0.05, 0.1) is 37.9 Å². The molecule has 3 N–H and O–H groups in total. The zero-order valence-electron chi connectivity index (χ0n) is 18.5. The van der Waals surface area contributed by atoms with E-state index in [9.17, 15) is 9.50 Å². The lowest BCUT2D eigenvalue weighted by Gasteiger charge is -2.28. The quantitative estimate of drug-likeness (QED) is 0.442. The molecule has 2 atom stereocenters. The van der Waals surface area contributed by atoms with E-state index in [1.54, 1.807) is 18.2 Å². The lowest BCUT2D eigenvalue weighted by Crippen LogP contribution is -2.30. The van der Waals surface area contributed by atoms with Gasteiger partial charge < -0.3 is 25.1 Å². The maximum atomic E-state index is 14.4. The molecule has 176 valence electrons. The Hall–Kier alpha value is -3.76. The fraction of sp³-hybridized carbons (Fsp3) is 0.292. The highest BCUT2D eigenvalue weighted by Crippen LogP contribution is 2.36. The zero-order chi connectivity index (χ0) is 23.7. The maximum Gasteiger partial charge on any atom is 0.207 e. The summed E-state index contributed by atoms with van der Waals surface area (Å²) in [7, 11) is 1.40. The van der Waals surface area contributed by atoms with E-state index < -0.39 is 5.82 Å². The van der Waals surface area contributed by atoms with Crippen LogP contribution in [0, 0.1) is 5.82 Å². The monoisotopic (exact) mass is 465 g/mol. The van der Waals surface area contributed by atoms with Crippen LogP contribution < -0.4 is 15.2 Å². The molecule has 5 rings (SSSR count). The van der Waals surface area contributed by atoms with Gasteiger partial charge in [-0.15, -0.1) is 0 Å². The summed E-state index contributed by atoms with van der Waals surface area (Å²) in [6, 6.07) is 11.8. The summed E-state index contributed by atoms with van der Waals surface area (Å²) in [5.41, 5.74) is 8.25. The molecule has 2 aromatic carbocycles. The van der Waals surface area contributed by atoms with Crippen molar-refractivity contribution in [2.45, 2.75) is 25.0 Å². The highest BCUT2D eigenvalue weighted by molar-refractivity contribution is 5.98. The van der Waals surface area contributed by atoms with Crippen molar-refractivity contribution in [3.8, 4) is 28.5 Å². The van der Waals surface area contributed by atoms with Crippen molar-refractivity contribution < 1.29 is 23.7 Å². The number of halogens is 1. The Morgan fingerprint density at radius 2 is 1.94 bits per heavy atom. The Morgan fingerprint density at radius 1 is 1.15 bits per heavy atom. The third kappa shape index (κ3) is 4.02. The van der Waals surface area contributed by atoms with Crippen LogP contribution >= 0.6 is 0 Å². The van der Waals surface area contributed by atoms with Crippen LogP contribution in [0.15, 0.2) is 48.8 Å². The summed E-state index contributed by atoms with van der Waals surface area (Å²) in [4.78, 5) is 8.58. The lowest BCUT2D eigenvalue weighted by molar-refractivity contribution is -0.0403. The number of nitrogen functional groups attached to an aromatic ring is 1. The molecule has 1 fully saturated rings. The molecule has 4 aromatic rings. The predicted molar refractivity (Wildman–Crippen MR) is 123 cm³/mol. The van der Waals surface area contributed by atoms with Crippen molar-refractivity contribution in [1.82, 2.24) is 19.7 Å². The molecule has 0 aliphatic carbocycles. The number of rotatable bonds is 6. The smallest absolute Gasteiger partial charge is 0.207 e. The molecule has 0 bridgehead atoms. The number of nitrogens with zero attached hydrogens (tertiary/aromatic N) is 4. The van der Waals surface area contributed by atoms with Crippen LogP contribution in [0.2, 0.25) is 0 Å².